The molecule has 3 nitrogen and oxygen atoms in total. The third-order valence-electron chi connectivity index (χ3n) is 3.34. The van der Waals surface area contributed by atoms with E-state index in [9.17, 15) is 9.18 Å². The van der Waals surface area contributed by atoms with Gasteiger partial charge in [-0.15, -0.1) is 0 Å². The van der Waals surface area contributed by atoms with Gasteiger partial charge in [-0.25, -0.2) is 4.39 Å². The second-order valence-corrected chi connectivity index (χ2v) is 5.12. The smallest absolute Gasteiger partial charge is 0.323 e. The molecule has 1 rings (SSSR count). The monoisotopic (exact) mass is 217 g/mol. The minimum Gasteiger partial charge on any atom is -0.480 e. The van der Waals surface area contributed by atoms with Crippen molar-refractivity contribution in [1.82, 2.24) is 4.90 Å². The zero-order valence-corrected chi connectivity index (χ0v) is 9.72. The largest absolute Gasteiger partial charge is 0.480 e. The molecule has 1 atom stereocenters. The summed E-state index contributed by atoms with van der Waals surface area (Å²) in [6, 6.07) is 0. The van der Waals surface area contributed by atoms with E-state index in [2.05, 4.69) is 0 Å². The van der Waals surface area contributed by atoms with Crippen LogP contribution in [0.2, 0.25) is 0 Å². The Morgan fingerprint density at radius 1 is 1.40 bits per heavy atom. The van der Waals surface area contributed by atoms with Gasteiger partial charge in [0.25, 0.3) is 0 Å². The standard InChI is InChI=1S/C11H20FNO2/c1-10(2,9(14)15)13-7-4-5-11(3,12)6-8-13/h4-8H2,1-3H3,(H,14,15). The van der Waals surface area contributed by atoms with E-state index in [0.29, 0.717) is 25.9 Å². The molecular weight excluding hydrogens is 197 g/mol. The molecule has 1 aliphatic rings. The lowest BCUT2D eigenvalue weighted by molar-refractivity contribution is -0.149. The van der Waals surface area contributed by atoms with Crippen molar-refractivity contribution in [3.8, 4) is 0 Å². The molecule has 1 unspecified atom stereocenters. The zero-order chi connectivity index (χ0) is 11.7. The van der Waals surface area contributed by atoms with Crippen molar-refractivity contribution >= 4 is 5.97 Å². The maximum Gasteiger partial charge on any atom is 0.323 e. The average molecular weight is 217 g/mol. The Morgan fingerprint density at radius 2 is 2.00 bits per heavy atom. The summed E-state index contributed by atoms with van der Waals surface area (Å²) in [5.74, 6) is -0.843. The summed E-state index contributed by atoms with van der Waals surface area (Å²) < 4.78 is 13.7. The maximum atomic E-state index is 13.7. The lowest BCUT2D eigenvalue weighted by Gasteiger charge is -2.34. The van der Waals surface area contributed by atoms with E-state index in [1.807, 2.05) is 4.90 Å². The van der Waals surface area contributed by atoms with E-state index in [1.54, 1.807) is 20.8 Å². The summed E-state index contributed by atoms with van der Waals surface area (Å²) >= 11 is 0. The van der Waals surface area contributed by atoms with Crippen LogP contribution in [0.5, 0.6) is 0 Å². The topological polar surface area (TPSA) is 40.5 Å². The number of carbonyl (C=O) groups is 1. The molecule has 0 aromatic heterocycles. The first-order valence-electron chi connectivity index (χ1n) is 5.43. The number of hydrogen-bond acceptors (Lipinski definition) is 2. The van der Waals surface area contributed by atoms with Gasteiger partial charge in [0.1, 0.15) is 11.2 Å². The number of hydrogen-bond donors (Lipinski definition) is 1. The van der Waals surface area contributed by atoms with Crippen LogP contribution in [-0.4, -0.2) is 40.3 Å². The molecule has 1 saturated heterocycles. The third-order valence-corrected chi connectivity index (χ3v) is 3.34. The summed E-state index contributed by atoms with van der Waals surface area (Å²) in [7, 11) is 0. The lowest BCUT2D eigenvalue weighted by atomic mass is 10.00. The second kappa shape index (κ2) is 4.08. The third kappa shape index (κ3) is 2.91. The predicted molar refractivity (Wildman–Crippen MR) is 56.7 cm³/mol. The summed E-state index contributed by atoms with van der Waals surface area (Å²) in [5.41, 5.74) is -2.02. The predicted octanol–water partition coefficient (Wildman–Crippen LogP) is 2.06. The van der Waals surface area contributed by atoms with Crippen molar-refractivity contribution in [1.29, 1.82) is 0 Å². The van der Waals surface area contributed by atoms with Gasteiger partial charge in [-0.2, -0.15) is 0 Å². The van der Waals surface area contributed by atoms with Crippen LogP contribution in [0, 0.1) is 0 Å². The number of rotatable bonds is 2. The Morgan fingerprint density at radius 3 is 2.53 bits per heavy atom. The number of halogens is 1. The van der Waals surface area contributed by atoms with Crippen LogP contribution in [0.4, 0.5) is 4.39 Å². The highest BCUT2D eigenvalue weighted by Gasteiger charge is 2.37. The summed E-state index contributed by atoms with van der Waals surface area (Å²) in [4.78, 5) is 12.9. The van der Waals surface area contributed by atoms with Crippen molar-refractivity contribution in [2.45, 2.75) is 51.2 Å². The molecule has 4 heteroatoms. The van der Waals surface area contributed by atoms with Gasteiger partial charge in [-0.3, -0.25) is 9.69 Å². The fourth-order valence-electron chi connectivity index (χ4n) is 1.94. The lowest BCUT2D eigenvalue weighted by Crippen LogP contribution is -2.50. The maximum absolute atomic E-state index is 13.7. The first-order valence-corrected chi connectivity index (χ1v) is 5.43. The first kappa shape index (κ1) is 12.4. The summed E-state index contributed by atoms with van der Waals surface area (Å²) in [5, 5.41) is 9.08. The molecule has 0 saturated carbocycles. The van der Waals surface area contributed by atoms with Crippen molar-refractivity contribution < 1.29 is 14.3 Å². The van der Waals surface area contributed by atoms with Crippen LogP contribution in [0.3, 0.4) is 0 Å². The SMILES string of the molecule is CC1(F)CCCN(C(C)(C)C(=O)O)CC1. The van der Waals surface area contributed by atoms with Crippen LogP contribution in [0.15, 0.2) is 0 Å². The van der Waals surface area contributed by atoms with Gasteiger partial charge in [-0.05, 0) is 46.6 Å². The van der Waals surface area contributed by atoms with E-state index in [4.69, 9.17) is 5.11 Å². The molecule has 0 aromatic carbocycles. The minimum atomic E-state index is -1.14. The van der Waals surface area contributed by atoms with Crippen molar-refractivity contribution in [3.05, 3.63) is 0 Å². The highest BCUT2D eigenvalue weighted by Crippen LogP contribution is 2.28. The van der Waals surface area contributed by atoms with E-state index in [1.165, 1.54) is 0 Å². The molecule has 1 N–H and O–H groups in total. The highest BCUT2D eigenvalue weighted by molar-refractivity contribution is 5.77. The van der Waals surface area contributed by atoms with Crippen LogP contribution in [0.1, 0.15) is 40.0 Å². The van der Waals surface area contributed by atoms with E-state index in [-0.39, 0.29) is 0 Å². The average Bonchev–Trinajstić information content (AvgIpc) is 2.26. The Labute approximate surface area is 90.3 Å². The van der Waals surface area contributed by atoms with Crippen molar-refractivity contribution in [2.24, 2.45) is 0 Å². The number of carboxylic acid groups (broad SMARTS) is 1. The Balaban J connectivity index is 2.69. The van der Waals surface area contributed by atoms with Gasteiger partial charge in [0.2, 0.25) is 0 Å². The second-order valence-electron chi connectivity index (χ2n) is 5.12. The number of likely N-dealkylation sites (tertiary alicyclic amines) is 1. The van der Waals surface area contributed by atoms with Gasteiger partial charge < -0.3 is 5.11 Å². The van der Waals surface area contributed by atoms with Gasteiger partial charge in [0.05, 0.1) is 0 Å². The summed E-state index contributed by atoms with van der Waals surface area (Å²) in [6.45, 7) is 6.14. The molecule has 1 heterocycles. The van der Waals surface area contributed by atoms with Crippen LogP contribution in [0.25, 0.3) is 0 Å². The number of nitrogens with zero attached hydrogens (tertiary/aromatic N) is 1. The normalized spacial score (nSPS) is 29.9. The molecule has 0 spiro atoms. The van der Waals surface area contributed by atoms with Crippen molar-refractivity contribution in [2.75, 3.05) is 13.1 Å². The fourth-order valence-corrected chi connectivity index (χ4v) is 1.94. The Hall–Kier alpha value is -0.640. The van der Waals surface area contributed by atoms with Gasteiger partial charge >= 0.3 is 5.97 Å². The zero-order valence-electron chi connectivity index (χ0n) is 9.72. The molecule has 1 fully saturated rings. The van der Waals surface area contributed by atoms with E-state index in [0.717, 1.165) is 6.42 Å². The van der Waals surface area contributed by atoms with Gasteiger partial charge in [0.15, 0.2) is 0 Å². The number of carboxylic acids is 1. The summed E-state index contributed by atoms with van der Waals surface area (Å²) in [6.07, 6.45) is 1.67. The highest BCUT2D eigenvalue weighted by atomic mass is 19.1. The quantitative estimate of drug-likeness (QED) is 0.769. The first-order chi connectivity index (χ1) is 6.76. The molecular formula is C11H20FNO2. The molecule has 0 aliphatic carbocycles. The van der Waals surface area contributed by atoms with Crippen LogP contribution < -0.4 is 0 Å². The molecule has 0 amide bonds. The molecule has 0 bridgehead atoms. The van der Waals surface area contributed by atoms with Crippen LogP contribution in [-0.2, 0) is 4.79 Å². The molecule has 88 valence electrons. The van der Waals surface area contributed by atoms with Crippen molar-refractivity contribution in [3.63, 3.8) is 0 Å². The van der Waals surface area contributed by atoms with Gasteiger partial charge in [-0.1, -0.05) is 0 Å². The van der Waals surface area contributed by atoms with E-state index >= 15 is 0 Å². The molecule has 15 heavy (non-hydrogen) atoms. The fraction of sp³-hybridized carbons (Fsp3) is 0.909. The number of aliphatic carboxylic acids is 1. The molecule has 0 radical (unpaired) electrons. The number of alkyl halides is 1. The van der Waals surface area contributed by atoms with Gasteiger partial charge in [0, 0.05) is 6.54 Å². The molecule has 0 aromatic rings. The molecule has 1 aliphatic heterocycles. The van der Waals surface area contributed by atoms with Crippen LogP contribution >= 0.6 is 0 Å². The Bertz CT molecular complexity index is 251. The Kier molecular flexibility index (Phi) is 3.38. The minimum absolute atomic E-state index is 0.420. The van der Waals surface area contributed by atoms with E-state index < -0.39 is 17.2 Å².